The molecular weight excluding hydrogens is 328 g/mol. The van der Waals surface area contributed by atoms with Crippen LogP contribution in [0.15, 0.2) is 6.33 Å². The lowest BCUT2D eigenvalue weighted by atomic mass is 9.99. The number of carbonyl (C=O) groups is 1. The van der Waals surface area contributed by atoms with Crippen LogP contribution in [0.5, 0.6) is 0 Å². The number of piperidine rings is 1. The number of likely N-dealkylation sites (tertiary alicyclic amines) is 1. The molecule has 1 atom stereocenters. The van der Waals surface area contributed by atoms with Gasteiger partial charge < -0.3 is 9.47 Å². The number of hydrogen-bond acceptors (Lipinski definition) is 4. The number of amides is 1. The monoisotopic (exact) mass is 358 g/mol. The van der Waals surface area contributed by atoms with Gasteiger partial charge in [0.2, 0.25) is 5.91 Å². The molecule has 0 aliphatic carbocycles. The maximum Gasteiger partial charge on any atom is 0.223 e. The second-order valence-corrected chi connectivity index (χ2v) is 7.25. The van der Waals surface area contributed by atoms with Crippen molar-refractivity contribution in [1.82, 2.24) is 29.4 Å². The molecule has 7 nitrogen and oxygen atoms in total. The Labute approximate surface area is 155 Å². The van der Waals surface area contributed by atoms with Crippen LogP contribution in [-0.2, 0) is 24.8 Å². The Bertz CT molecular complexity index is 762. The molecule has 3 heterocycles. The van der Waals surface area contributed by atoms with Crippen LogP contribution in [0.3, 0.4) is 0 Å². The molecule has 142 valence electrons. The highest BCUT2D eigenvalue weighted by molar-refractivity contribution is 5.77. The van der Waals surface area contributed by atoms with Gasteiger partial charge in [0, 0.05) is 32.3 Å². The maximum absolute atomic E-state index is 13.0. The predicted octanol–water partition coefficient (Wildman–Crippen LogP) is 2.72. The molecule has 1 fully saturated rings. The minimum absolute atomic E-state index is 0.0568. The van der Waals surface area contributed by atoms with E-state index in [0.717, 1.165) is 62.4 Å². The number of hydrogen-bond donors (Lipinski definition) is 0. The Kier molecular flexibility index (Phi) is 5.74. The zero-order valence-corrected chi connectivity index (χ0v) is 16.4. The van der Waals surface area contributed by atoms with E-state index in [2.05, 4.69) is 33.7 Å². The second kappa shape index (κ2) is 8.01. The molecule has 0 spiro atoms. The molecular formula is C19H30N6O. The third kappa shape index (κ3) is 3.66. The largest absolute Gasteiger partial charge is 0.332 e. The van der Waals surface area contributed by atoms with Crippen molar-refractivity contribution in [2.24, 2.45) is 7.05 Å². The first-order chi connectivity index (χ1) is 12.5. The summed E-state index contributed by atoms with van der Waals surface area (Å²) in [5.74, 6) is 1.15. The highest BCUT2D eigenvalue weighted by Gasteiger charge is 2.31. The Morgan fingerprint density at radius 3 is 2.81 bits per heavy atom. The van der Waals surface area contributed by atoms with Gasteiger partial charge in [0.25, 0.3) is 0 Å². The number of nitrogens with zero attached hydrogens (tertiary/aromatic N) is 6. The van der Waals surface area contributed by atoms with E-state index in [1.54, 1.807) is 6.33 Å². The van der Waals surface area contributed by atoms with Crippen molar-refractivity contribution in [1.29, 1.82) is 0 Å². The summed E-state index contributed by atoms with van der Waals surface area (Å²) in [6, 6.07) is 0.0568. The van der Waals surface area contributed by atoms with Gasteiger partial charge in [-0.1, -0.05) is 6.92 Å². The molecule has 26 heavy (non-hydrogen) atoms. The number of aryl methyl sites for hydroxylation is 3. The van der Waals surface area contributed by atoms with Crippen LogP contribution in [0.4, 0.5) is 0 Å². The molecule has 0 bridgehead atoms. The third-order valence-corrected chi connectivity index (χ3v) is 5.48. The molecule has 0 radical (unpaired) electrons. The average Bonchev–Trinajstić information content (AvgIpc) is 3.18. The number of rotatable bonds is 6. The Hall–Kier alpha value is -2.18. The zero-order valence-electron chi connectivity index (χ0n) is 16.4. The molecule has 1 saturated heterocycles. The fraction of sp³-hybridized carbons (Fsp3) is 0.684. The first-order valence-corrected chi connectivity index (χ1v) is 9.69. The van der Waals surface area contributed by atoms with Gasteiger partial charge in [0.05, 0.1) is 11.7 Å². The van der Waals surface area contributed by atoms with Crippen molar-refractivity contribution in [3.63, 3.8) is 0 Å². The molecule has 0 saturated carbocycles. The lowest BCUT2D eigenvalue weighted by Gasteiger charge is -2.35. The first kappa shape index (κ1) is 18.6. The van der Waals surface area contributed by atoms with Gasteiger partial charge >= 0.3 is 0 Å². The first-order valence-electron chi connectivity index (χ1n) is 9.69. The van der Waals surface area contributed by atoms with Gasteiger partial charge in [-0.25, -0.2) is 0 Å². The summed E-state index contributed by atoms with van der Waals surface area (Å²) in [6.07, 6.45) is 7.26. The van der Waals surface area contributed by atoms with Crippen molar-refractivity contribution in [3.05, 3.63) is 29.1 Å². The van der Waals surface area contributed by atoms with Gasteiger partial charge in [-0.3, -0.25) is 9.48 Å². The SMILES string of the molecule is CCCn1cnnc1C1CCCCN1C(=O)CCc1c(C)nn(C)c1C. The van der Waals surface area contributed by atoms with E-state index >= 15 is 0 Å². The normalized spacial score (nSPS) is 17.7. The van der Waals surface area contributed by atoms with E-state index in [9.17, 15) is 4.79 Å². The van der Waals surface area contributed by atoms with Crippen molar-refractivity contribution in [2.75, 3.05) is 6.54 Å². The standard InChI is InChI=1S/C19H30N6O/c1-5-11-24-13-20-21-19(24)17-8-6-7-12-25(17)18(26)10-9-16-14(2)22-23(4)15(16)3/h13,17H,5-12H2,1-4H3. The highest BCUT2D eigenvalue weighted by atomic mass is 16.2. The van der Waals surface area contributed by atoms with E-state index in [1.807, 2.05) is 23.6 Å². The minimum Gasteiger partial charge on any atom is -0.332 e. The van der Waals surface area contributed by atoms with Crippen LogP contribution < -0.4 is 0 Å². The summed E-state index contributed by atoms with van der Waals surface area (Å²) >= 11 is 0. The van der Waals surface area contributed by atoms with Crippen LogP contribution in [-0.4, -0.2) is 41.9 Å². The summed E-state index contributed by atoms with van der Waals surface area (Å²) in [7, 11) is 1.95. The van der Waals surface area contributed by atoms with Crippen LogP contribution in [0.25, 0.3) is 0 Å². The molecule has 0 aromatic carbocycles. The van der Waals surface area contributed by atoms with Crippen LogP contribution >= 0.6 is 0 Å². The van der Waals surface area contributed by atoms with Crippen molar-refractivity contribution in [3.8, 4) is 0 Å². The third-order valence-electron chi connectivity index (χ3n) is 5.48. The molecule has 2 aromatic rings. The summed E-state index contributed by atoms with van der Waals surface area (Å²) in [6.45, 7) is 7.94. The summed E-state index contributed by atoms with van der Waals surface area (Å²) in [5.41, 5.74) is 3.37. The van der Waals surface area contributed by atoms with Gasteiger partial charge in [-0.15, -0.1) is 10.2 Å². The van der Waals surface area contributed by atoms with E-state index in [0.29, 0.717) is 6.42 Å². The highest BCUT2D eigenvalue weighted by Crippen LogP contribution is 2.30. The van der Waals surface area contributed by atoms with Crippen molar-refractivity contribution in [2.45, 2.75) is 71.9 Å². The summed E-state index contributed by atoms with van der Waals surface area (Å²) in [5, 5.41) is 12.9. The molecule has 0 N–H and O–H groups in total. The van der Waals surface area contributed by atoms with E-state index in [1.165, 1.54) is 5.56 Å². The fourth-order valence-corrected chi connectivity index (χ4v) is 3.99. The van der Waals surface area contributed by atoms with Gasteiger partial charge in [0.1, 0.15) is 6.33 Å². The Morgan fingerprint density at radius 2 is 2.12 bits per heavy atom. The molecule has 1 aliphatic heterocycles. The lowest BCUT2D eigenvalue weighted by Crippen LogP contribution is -2.39. The predicted molar refractivity (Wildman–Crippen MR) is 99.6 cm³/mol. The summed E-state index contributed by atoms with van der Waals surface area (Å²) in [4.78, 5) is 15.0. The zero-order chi connectivity index (χ0) is 18.7. The smallest absolute Gasteiger partial charge is 0.223 e. The molecule has 3 rings (SSSR count). The van der Waals surface area contributed by atoms with Gasteiger partial charge in [-0.05, 0) is 51.5 Å². The van der Waals surface area contributed by atoms with Gasteiger partial charge in [-0.2, -0.15) is 5.10 Å². The molecule has 1 unspecified atom stereocenters. The topological polar surface area (TPSA) is 68.8 Å². The van der Waals surface area contributed by atoms with Crippen molar-refractivity contribution >= 4 is 5.91 Å². The molecule has 1 aliphatic rings. The van der Waals surface area contributed by atoms with Gasteiger partial charge in [0.15, 0.2) is 5.82 Å². The summed E-state index contributed by atoms with van der Waals surface area (Å²) < 4.78 is 4.00. The molecule has 1 amide bonds. The van der Waals surface area contributed by atoms with Crippen molar-refractivity contribution < 1.29 is 4.79 Å². The average molecular weight is 358 g/mol. The minimum atomic E-state index is 0.0568. The molecule has 2 aromatic heterocycles. The van der Waals surface area contributed by atoms with Crippen LogP contribution in [0, 0.1) is 13.8 Å². The quantitative estimate of drug-likeness (QED) is 0.796. The van der Waals surface area contributed by atoms with E-state index in [-0.39, 0.29) is 11.9 Å². The van der Waals surface area contributed by atoms with E-state index < -0.39 is 0 Å². The number of carbonyl (C=O) groups excluding carboxylic acids is 1. The Balaban J connectivity index is 1.72. The van der Waals surface area contributed by atoms with Crippen LogP contribution in [0.2, 0.25) is 0 Å². The Morgan fingerprint density at radius 1 is 1.31 bits per heavy atom. The van der Waals surface area contributed by atoms with Crippen LogP contribution in [0.1, 0.15) is 67.8 Å². The molecule has 7 heteroatoms. The number of aromatic nitrogens is 5. The second-order valence-electron chi connectivity index (χ2n) is 7.25. The lowest BCUT2D eigenvalue weighted by molar-refractivity contribution is -0.135. The fourth-order valence-electron chi connectivity index (χ4n) is 3.99. The maximum atomic E-state index is 13.0. The van der Waals surface area contributed by atoms with E-state index in [4.69, 9.17) is 0 Å².